The Balaban J connectivity index is 2.62. The summed E-state index contributed by atoms with van der Waals surface area (Å²) in [4.78, 5) is 3.71. The second-order valence-corrected chi connectivity index (χ2v) is 4.62. The molecule has 2 rings (SSSR count). The van der Waals surface area contributed by atoms with Crippen LogP contribution >= 0.6 is 39.1 Å². The molecule has 0 amide bonds. The average Bonchev–Trinajstić information content (AvgIpc) is 2.49. The molecule has 1 aromatic heterocycles. The molecule has 1 aromatic carbocycles. The molecule has 0 unspecified atom stereocenters. The molecule has 0 bridgehead atoms. The topological polar surface area (TPSA) is 25.8 Å². The highest BCUT2D eigenvalue weighted by Crippen LogP contribution is 2.30. The molecule has 0 aliphatic rings. The van der Waals surface area contributed by atoms with Crippen LogP contribution in [0.25, 0.3) is 10.6 Å². The Morgan fingerprint density at radius 1 is 1.27 bits per heavy atom. The predicted molar refractivity (Wildman–Crippen MR) is 58.0 cm³/mol. The molecule has 0 fully saturated rings. The van der Waals surface area contributed by atoms with Crippen molar-refractivity contribution in [1.82, 2.24) is 9.36 Å². The van der Waals surface area contributed by atoms with Gasteiger partial charge in [-0.3, -0.25) is 0 Å². The molecular formula is C8H2BrClF2N2S. The number of hydrogen-bond acceptors (Lipinski definition) is 3. The van der Waals surface area contributed by atoms with E-state index in [1.807, 2.05) is 0 Å². The van der Waals surface area contributed by atoms with Crippen molar-refractivity contribution in [2.45, 2.75) is 0 Å². The minimum Gasteiger partial charge on any atom is -0.206 e. The second-order valence-electron chi connectivity index (χ2n) is 2.61. The van der Waals surface area contributed by atoms with Crippen molar-refractivity contribution in [3.8, 4) is 10.6 Å². The van der Waals surface area contributed by atoms with Crippen LogP contribution in [0.1, 0.15) is 0 Å². The van der Waals surface area contributed by atoms with E-state index in [0.717, 1.165) is 23.7 Å². The van der Waals surface area contributed by atoms with E-state index in [0.29, 0.717) is 4.47 Å². The van der Waals surface area contributed by atoms with Gasteiger partial charge < -0.3 is 0 Å². The van der Waals surface area contributed by atoms with Gasteiger partial charge in [0.15, 0.2) is 5.01 Å². The highest BCUT2D eigenvalue weighted by atomic mass is 79.9. The first kappa shape index (κ1) is 10.9. The molecule has 0 N–H and O–H groups in total. The monoisotopic (exact) mass is 310 g/mol. The van der Waals surface area contributed by atoms with Crippen molar-refractivity contribution in [2.75, 3.05) is 0 Å². The zero-order chi connectivity index (χ0) is 11.0. The highest BCUT2D eigenvalue weighted by Gasteiger charge is 2.16. The summed E-state index contributed by atoms with van der Waals surface area (Å²) in [6.07, 6.45) is 0. The van der Waals surface area contributed by atoms with Gasteiger partial charge in [0.1, 0.15) is 11.6 Å². The summed E-state index contributed by atoms with van der Waals surface area (Å²) in [6, 6.07) is 2.32. The molecular weight excluding hydrogens is 310 g/mol. The molecule has 0 atom stereocenters. The lowest BCUT2D eigenvalue weighted by molar-refractivity contribution is 0.588. The highest BCUT2D eigenvalue weighted by molar-refractivity contribution is 9.10. The molecule has 0 saturated heterocycles. The smallest absolute Gasteiger partial charge is 0.206 e. The van der Waals surface area contributed by atoms with Crippen LogP contribution in [0.15, 0.2) is 16.6 Å². The maximum atomic E-state index is 13.4. The predicted octanol–water partition coefficient (Wildman–Crippen LogP) is 3.90. The normalized spacial score (nSPS) is 10.7. The van der Waals surface area contributed by atoms with Gasteiger partial charge in [-0.25, -0.2) is 13.8 Å². The number of nitrogens with zero attached hydrogens (tertiary/aromatic N) is 2. The van der Waals surface area contributed by atoms with E-state index in [9.17, 15) is 8.78 Å². The molecule has 7 heteroatoms. The van der Waals surface area contributed by atoms with Gasteiger partial charge >= 0.3 is 0 Å². The summed E-state index contributed by atoms with van der Waals surface area (Å²) in [6.45, 7) is 0. The van der Waals surface area contributed by atoms with Crippen molar-refractivity contribution in [2.24, 2.45) is 0 Å². The Kier molecular flexibility index (Phi) is 2.99. The lowest BCUT2D eigenvalue weighted by Gasteiger charge is -2.01. The molecule has 0 radical (unpaired) electrons. The molecule has 0 aliphatic carbocycles. The van der Waals surface area contributed by atoms with Crippen molar-refractivity contribution < 1.29 is 8.78 Å². The maximum absolute atomic E-state index is 13.4. The Morgan fingerprint density at radius 3 is 2.33 bits per heavy atom. The van der Waals surface area contributed by atoms with Crippen molar-refractivity contribution >= 4 is 39.1 Å². The summed E-state index contributed by atoms with van der Waals surface area (Å²) in [7, 11) is 0. The minimum absolute atomic E-state index is 0.0169. The molecule has 2 aromatic rings. The number of hydrogen-bond donors (Lipinski definition) is 0. The Bertz CT molecular complexity index is 494. The van der Waals surface area contributed by atoms with E-state index in [1.165, 1.54) is 0 Å². The molecule has 1 heterocycles. The van der Waals surface area contributed by atoms with E-state index in [-0.39, 0.29) is 15.9 Å². The zero-order valence-corrected chi connectivity index (χ0v) is 10.1. The lowest BCUT2D eigenvalue weighted by atomic mass is 10.2. The number of rotatable bonds is 1. The van der Waals surface area contributed by atoms with Gasteiger partial charge in [0.25, 0.3) is 0 Å². The fraction of sp³-hybridized carbons (Fsp3) is 0. The van der Waals surface area contributed by atoms with E-state index in [4.69, 9.17) is 11.6 Å². The van der Waals surface area contributed by atoms with Gasteiger partial charge in [0.2, 0.25) is 5.28 Å². The van der Waals surface area contributed by atoms with Gasteiger partial charge in [0.05, 0.1) is 5.56 Å². The summed E-state index contributed by atoms with van der Waals surface area (Å²) in [5.41, 5.74) is -0.206. The third kappa shape index (κ3) is 2.16. The van der Waals surface area contributed by atoms with E-state index in [1.54, 1.807) is 0 Å². The molecule has 78 valence electrons. The van der Waals surface area contributed by atoms with Crippen LogP contribution in [-0.2, 0) is 0 Å². The molecule has 15 heavy (non-hydrogen) atoms. The van der Waals surface area contributed by atoms with Crippen molar-refractivity contribution in [3.05, 3.63) is 33.5 Å². The summed E-state index contributed by atoms with van der Waals surface area (Å²) in [5.74, 6) is -1.40. The first-order chi connectivity index (χ1) is 7.08. The summed E-state index contributed by atoms with van der Waals surface area (Å²) >= 11 is 9.31. The van der Waals surface area contributed by atoms with E-state index < -0.39 is 11.6 Å². The van der Waals surface area contributed by atoms with Crippen LogP contribution in [0.2, 0.25) is 5.28 Å². The van der Waals surface area contributed by atoms with Crippen LogP contribution in [0.4, 0.5) is 8.78 Å². The fourth-order valence-electron chi connectivity index (χ4n) is 1.05. The quantitative estimate of drug-likeness (QED) is 0.798. The van der Waals surface area contributed by atoms with Crippen LogP contribution < -0.4 is 0 Å². The third-order valence-electron chi connectivity index (χ3n) is 1.62. The van der Waals surface area contributed by atoms with Crippen LogP contribution in [0.3, 0.4) is 0 Å². The van der Waals surface area contributed by atoms with Crippen LogP contribution in [0, 0.1) is 11.6 Å². The fourth-order valence-corrected chi connectivity index (χ4v) is 2.31. The summed E-state index contributed by atoms with van der Waals surface area (Å²) < 4.78 is 30.8. The van der Waals surface area contributed by atoms with Crippen molar-refractivity contribution in [3.63, 3.8) is 0 Å². The summed E-state index contributed by atoms with van der Waals surface area (Å²) in [5, 5.41) is 0.110. The molecule has 0 spiro atoms. The van der Waals surface area contributed by atoms with Crippen LogP contribution in [-0.4, -0.2) is 9.36 Å². The SMILES string of the molecule is Fc1cc(Br)cc(F)c1-c1nc(Cl)ns1. The molecule has 0 aliphatic heterocycles. The molecule has 0 saturated carbocycles. The maximum Gasteiger partial charge on any atom is 0.234 e. The van der Waals surface area contributed by atoms with E-state index in [2.05, 4.69) is 25.3 Å². The first-order valence-electron chi connectivity index (χ1n) is 3.72. The first-order valence-corrected chi connectivity index (χ1v) is 5.66. The number of aromatic nitrogens is 2. The van der Waals surface area contributed by atoms with Gasteiger partial charge in [-0.1, -0.05) is 15.9 Å². The Labute approximate surface area is 101 Å². The number of benzene rings is 1. The third-order valence-corrected chi connectivity index (χ3v) is 3.08. The zero-order valence-electron chi connectivity index (χ0n) is 6.97. The number of halogens is 4. The largest absolute Gasteiger partial charge is 0.234 e. The van der Waals surface area contributed by atoms with Gasteiger partial charge in [-0.15, -0.1) is 0 Å². The van der Waals surface area contributed by atoms with Crippen LogP contribution in [0.5, 0.6) is 0 Å². The second kappa shape index (κ2) is 4.11. The van der Waals surface area contributed by atoms with Crippen molar-refractivity contribution in [1.29, 1.82) is 0 Å². The van der Waals surface area contributed by atoms with Gasteiger partial charge in [-0.2, -0.15) is 4.37 Å². The minimum atomic E-state index is -0.699. The standard InChI is InChI=1S/C8H2BrClF2N2S/c9-3-1-4(11)6(5(12)2-3)7-13-8(10)14-15-7/h1-2H. The van der Waals surface area contributed by atoms with Gasteiger partial charge in [0, 0.05) is 4.47 Å². The Morgan fingerprint density at radius 2 is 1.87 bits per heavy atom. The van der Waals surface area contributed by atoms with E-state index >= 15 is 0 Å². The lowest BCUT2D eigenvalue weighted by Crippen LogP contribution is -1.89. The van der Waals surface area contributed by atoms with Gasteiger partial charge in [-0.05, 0) is 35.3 Å². The molecule has 2 nitrogen and oxygen atoms in total. The average molecular weight is 312 g/mol. The Hall–Kier alpha value is -0.590.